The molecular formula is C16H19BrN2OS. The van der Waals surface area contributed by atoms with E-state index < -0.39 is 5.54 Å². The second-order valence-corrected chi connectivity index (χ2v) is 7.25. The number of hydrogen-bond donors (Lipinski definition) is 0. The summed E-state index contributed by atoms with van der Waals surface area (Å²) in [6.45, 7) is 0. The molecule has 21 heavy (non-hydrogen) atoms. The van der Waals surface area contributed by atoms with Gasteiger partial charge in [-0.15, -0.1) is 11.8 Å². The summed E-state index contributed by atoms with van der Waals surface area (Å²) in [6.07, 6.45) is 4.82. The van der Waals surface area contributed by atoms with Crippen molar-refractivity contribution in [2.45, 2.75) is 42.5 Å². The van der Waals surface area contributed by atoms with Gasteiger partial charge in [-0.05, 0) is 40.9 Å². The Morgan fingerprint density at radius 3 is 2.67 bits per heavy atom. The van der Waals surface area contributed by atoms with Crippen molar-refractivity contribution in [3.63, 3.8) is 0 Å². The molecule has 0 unspecified atom stereocenters. The molecule has 0 spiro atoms. The minimum Gasteiger partial charge on any atom is -0.326 e. The van der Waals surface area contributed by atoms with E-state index >= 15 is 0 Å². The molecule has 0 aromatic heterocycles. The van der Waals surface area contributed by atoms with E-state index in [4.69, 9.17) is 0 Å². The fourth-order valence-corrected chi connectivity index (χ4v) is 4.18. The first-order valence-corrected chi connectivity index (χ1v) is 8.92. The van der Waals surface area contributed by atoms with Gasteiger partial charge in [0.15, 0.2) is 0 Å². The highest BCUT2D eigenvalue weighted by Crippen LogP contribution is 2.33. The Hall–Kier alpha value is -0.990. The molecule has 1 aromatic rings. The molecule has 5 heteroatoms. The summed E-state index contributed by atoms with van der Waals surface area (Å²) >= 11 is 5.00. The summed E-state index contributed by atoms with van der Waals surface area (Å²) < 4.78 is 0.998. The minimum absolute atomic E-state index is 0.0270. The Balaban J connectivity index is 1.99. The zero-order valence-electron chi connectivity index (χ0n) is 12.1. The molecule has 1 fully saturated rings. The molecule has 0 atom stereocenters. The van der Waals surface area contributed by atoms with Crippen LogP contribution in [0.1, 0.15) is 32.1 Å². The van der Waals surface area contributed by atoms with Gasteiger partial charge in [0.1, 0.15) is 5.54 Å². The monoisotopic (exact) mass is 366 g/mol. The van der Waals surface area contributed by atoms with Gasteiger partial charge in [0.2, 0.25) is 5.91 Å². The Labute approximate surface area is 138 Å². The van der Waals surface area contributed by atoms with E-state index in [1.165, 1.54) is 11.8 Å². The summed E-state index contributed by atoms with van der Waals surface area (Å²) in [5, 5.41) is 9.53. The summed E-state index contributed by atoms with van der Waals surface area (Å²) in [6, 6.07) is 10.3. The molecule has 1 saturated carbocycles. The summed E-state index contributed by atoms with van der Waals surface area (Å²) in [4.78, 5) is 15.2. The number of carbonyl (C=O) groups excluding carboxylic acids is 1. The number of halogens is 1. The van der Waals surface area contributed by atoms with Crippen molar-refractivity contribution < 1.29 is 4.79 Å². The lowest BCUT2D eigenvalue weighted by atomic mass is 9.81. The lowest BCUT2D eigenvalue weighted by Crippen LogP contribution is -2.50. The summed E-state index contributed by atoms with van der Waals surface area (Å²) in [7, 11) is 1.78. The van der Waals surface area contributed by atoms with Gasteiger partial charge in [0.25, 0.3) is 0 Å². The quantitative estimate of drug-likeness (QED) is 0.749. The molecule has 0 radical (unpaired) electrons. The lowest BCUT2D eigenvalue weighted by molar-refractivity contribution is -0.131. The molecule has 0 heterocycles. The average Bonchev–Trinajstić information content (AvgIpc) is 2.53. The molecule has 0 bridgehead atoms. The van der Waals surface area contributed by atoms with Crippen LogP contribution in [0.3, 0.4) is 0 Å². The zero-order valence-corrected chi connectivity index (χ0v) is 14.5. The van der Waals surface area contributed by atoms with Gasteiger partial charge in [0, 0.05) is 16.4 Å². The van der Waals surface area contributed by atoms with Gasteiger partial charge < -0.3 is 4.90 Å². The minimum atomic E-state index is -0.593. The first-order valence-electron chi connectivity index (χ1n) is 7.14. The van der Waals surface area contributed by atoms with E-state index in [-0.39, 0.29) is 5.91 Å². The maximum atomic E-state index is 12.4. The largest absolute Gasteiger partial charge is 0.326 e. The molecule has 0 aliphatic heterocycles. The van der Waals surface area contributed by atoms with Crippen LogP contribution in [0.2, 0.25) is 0 Å². The smallest absolute Gasteiger partial charge is 0.233 e. The summed E-state index contributed by atoms with van der Waals surface area (Å²) in [5.74, 6) is 0.391. The first kappa shape index (κ1) is 16.4. The van der Waals surface area contributed by atoms with E-state index in [0.29, 0.717) is 5.75 Å². The summed E-state index contributed by atoms with van der Waals surface area (Å²) in [5.41, 5.74) is -0.593. The van der Waals surface area contributed by atoms with Gasteiger partial charge >= 0.3 is 0 Å². The number of nitriles is 1. The highest BCUT2D eigenvalue weighted by Gasteiger charge is 2.38. The highest BCUT2D eigenvalue weighted by atomic mass is 79.9. The Bertz CT molecular complexity index is 549. The topological polar surface area (TPSA) is 44.1 Å². The van der Waals surface area contributed by atoms with Crippen LogP contribution in [-0.2, 0) is 4.79 Å². The second-order valence-electron chi connectivity index (χ2n) is 5.38. The number of carbonyl (C=O) groups is 1. The van der Waals surface area contributed by atoms with Gasteiger partial charge in [-0.25, -0.2) is 0 Å². The van der Waals surface area contributed by atoms with Crippen molar-refractivity contribution in [3.8, 4) is 6.07 Å². The number of nitrogens with zero attached hydrogens (tertiary/aromatic N) is 2. The molecule has 112 valence electrons. The third-order valence-corrected chi connectivity index (χ3v) is 6.11. The molecule has 1 aliphatic rings. The van der Waals surface area contributed by atoms with Crippen molar-refractivity contribution in [2.75, 3.05) is 12.8 Å². The standard InChI is InChI=1S/C16H19BrN2OS/c1-19(16(12-18)9-5-2-6-10-16)15(20)11-21-14-8-4-3-7-13(14)17/h3-4,7-8H,2,5-6,9-11H2,1H3. The number of hydrogen-bond acceptors (Lipinski definition) is 3. The number of thioether (sulfide) groups is 1. The number of benzene rings is 1. The fourth-order valence-electron chi connectivity index (χ4n) is 2.70. The van der Waals surface area contributed by atoms with Crippen LogP contribution in [0.25, 0.3) is 0 Å². The number of amides is 1. The average molecular weight is 367 g/mol. The predicted molar refractivity (Wildman–Crippen MR) is 89.1 cm³/mol. The van der Waals surface area contributed by atoms with E-state index in [2.05, 4.69) is 22.0 Å². The zero-order chi connectivity index (χ0) is 15.3. The van der Waals surface area contributed by atoms with E-state index in [9.17, 15) is 10.1 Å². The maximum absolute atomic E-state index is 12.4. The van der Waals surface area contributed by atoms with Crippen LogP contribution in [0, 0.1) is 11.3 Å². The van der Waals surface area contributed by atoms with Crippen LogP contribution < -0.4 is 0 Å². The van der Waals surface area contributed by atoms with Gasteiger partial charge in [-0.1, -0.05) is 31.4 Å². The van der Waals surface area contributed by atoms with Crippen molar-refractivity contribution in [1.82, 2.24) is 4.90 Å². The molecule has 0 N–H and O–H groups in total. The van der Waals surface area contributed by atoms with Gasteiger partial charge in [-0.2, -0.15) is 5.26 Å². The molecule has 1 aromatic carbocycles. The number of rotatable bonds is 4. The molecule has 1 amide bonds. The third-order valence-electron chi connectivity index (χ3n) is 4.09. The normalized spacial score (nSPS) is 17.0. The van der Waals surface area contributed by atoms with Crippen molar-refractivity contribution in [1.29, 1.82) is 5.26 Å². The maximum Gasteiger partial charge on any atom is 0.233 e. The van der Waals surface area contributed by atoms with Crippen LogP contribution in [0.5, 0.6) is 0 Å². The third kappa shape index (κ3) is 3.81. The van der Waals surface area contributed by atoms with E-state index in [1.807, 2.05) is 24.3 Å². The van der Waals surface area contributed by atoms with Crippen LogP contribution in [-0.4, -0.2) is 29.1 Å². The van der Waals surface area contributed by atoms with Gasteiger partial charge in [-0.3, -0.25) is 4.79 Å². The lowest BCUT2D eigenvalue weighted by Gasteiger charge is -2.39. The fraction of sp³-hybridized carbons (Fsp3) is 0.500. The van der Waals surface area contributed by atoms with Crippen LogP contribution in [0.4, 0.5) is 0 Å². The molecule has 1 aliphatic carbocycles. The Morgan fingerprint density at radius 2 is 2.05 bits per heavy atom. The van der Waals surface area contributed by atoms with Crippen molar-refractivity contribution >= 4 is 33.6 Å². The molecular weight excluding hydrogens is 348 g/mol. The predicted octanol–water partition coefficient (Wildman–Crippen LogP) is 4.23. The SMILES string of the molecule is CN(C(=O)CSc1ccccc1Br)C1(C#N)CCCCC1. The molecule has 2 rings (SSSR count). The molecule has 0 saturated heterocycles. The van der Waals surface area contributed by atoms with E-state index in [1.54, 1.807) is 11.9 Å². The van der Waals surface area contributed by atoms with Crippen molar-refractivity contribution in [3.05, 3.63) is 28.7 Å². The van der Waals surface area contributed by atoms with Gasteiger partial charge in [0.05, 0.1) is 11.8 Å². The Kier molecular flexibility index (Phi) is 5.72. The van der Waals surface area contributed by atoms with Crippen molar-refractivity contribution in [2.24, 2.45) is 0 Å². The first-order chi connectivity index (χ1) is 10.1. The molecule has 3 nitrogen and oxygen atoms in total. The van der Waals surface area contributed by atoms with Crippen LogP contribution in [0.15, 0.2) is 33.6 Å². The van der Waals surface area contributed by atoms with Crippen LogP contribution >= 0.6 is 27.7 Å². The second kappa shape index (κ2) is 7.33. The van der Waals surface area contributed by atoms with E-state index in [0.717, 1.165) is 41.5 Å². The Morgan fingerprint density at radius 1 is 1.38 bits per heavy atom. The highest BCUT2D eigenvalue weighted by molar-refractivity contribution is 9.10.